The molecule has 34 heavy (non-hydrogen) atoms. The van der Waals surface area contributed by atoms with Crippen molar-refractivity contribution in [1.82, 2.24) is 14.2 Å². The van der Waals surface area contributed by atoms with Gasteiger partial charge in [0.05, 0.1) is 6.61 Å². The minimum atomic E-state index is -3.59. The average molecular weight is 482 g/mol. The molecule has 0 N–H and O–H groups in total. The summed E-state index contributed by atoms with van der Waals surface area (Å²) in [6.45, 7) is 3.76. The minimum Gasteiger partial charge on any atom is -0.493 e. The first-order valence-corrected chi connectivity index (χ1v) is 13.1. The van der Waals surface area contributed by atoms with E-state index in [1.165, 1.54) is 10.5 Å². The molecule has 4 rings (SSSR count). The molecule has 0 atom stereocenters. The van der Waals surface area contributed by atoms with Crippen LogP contribution in [0.2, 0.25) is 0 Å². The predicted molar refractivity (Wildman–Crippen MR) is 132 cm³/mol. The number of hydrogen-bond donors (Lipinski definition) is 0. The molecule has 0 bridgehead atoms. The van der Waals surface area contributed by atoms with Gasteiger partial charge in [-0.1, -0.05) is 37.3 Å². The summed E-state index contributed by atoms with van der Waals surface area (Å²) in [6.07, 6.45) is 4.81. The second-order valence-corrected chi connectivity index (χ2v) is 10.6. The van der Waals surface area contributed by atoms with Crippen LogP contribution in [0.5, 0.6) is 5.75 Å². The fourth-order valence-corrected chi connectivity index (χ4v) is 5.88. The zero-order chi connectivity index (χ0) is 24.1. The van der Waals surface area contributed by atoms with E-state index >= 15 is 0 Å². The summed E-state index contributed by atoms with van der Waals surface area (Å²) < 4.78 is 33.2. The summed E-state index contributed by atoms with van der Waals surface area (Å²) in [5, 5.41) is 2.18. The van der Waals surface area contributed by atoms with E-state index in [2.05, 4.69) is 24.0 Å². The van der Waals surface area contributed by atoms with E-state index in [4.69, 9.17) is 4.74 Å². The molecule has 180 valence electrons. The number of pyridine rings is 1. The normalized spacial score (nSPS) is 15.4. The minimum absolute atomic E-state index is 0.0350. The van der Waals surface area contributed by atoms with Crippen LogP contribution < -0.4 is 4.74 Å². The van der Waals surface area contributed by atoms with Gasteiger partial charge in [-0.3, -0.25) is 9.78 Å². The zero-order valence-electron chi connectivity index (χ0n) is 19.7. The van der Waals surface area contributed by atoms with Crippen LogP contribution in [0, 0.1) is 5.92 Å². The van der Waals surface area contributed by atoms with E-state index in [1.807, 2.05) is 31.3 Å². The molecule has 1 aliphatic heterocycles. The van der Waals surface area contributed by atoms with Crippen molar-refractivity contribution in [2.45, 2.75) is 37.6 Å². The Morgan fingerprint density at radius 1 is 1.12 bits per heavy atom. The number of sulfonamides is 1. The Morgan fingerprint density at radius 3 is 2.59 bits per heavy atom. The smallest absolute Gasteiger partial charge is 0.244 e. The van der Waals surface area contributed by atoms with Gasteiger partial charge < -0.3 is 9.64 Å². The van der Waals surface area contributed by atoms with E-state index < -0.39 is 10.0 Å². The van der Waals surface area contributed by atoms with Crippen molar-refractivity contribution in [1.29, 1.82) is 0 Å². The van der Waals surface area contributed by atoms with Crippen LogP contribution >= 0.6 is 0 Å². The largest absolute Gasteiger partial charge is 0.493 e. The van der Waals surface area contributed by atoms with Crippen molar-refractivity contribution in [2.75, 3.05) is 26.7 Å². The second-order valence-electron chi connectivity index (χ2n) is 8.67. The van der Waals surface area contributed by atoms with Gasteiger partial charge in [0.2, 0.25) is 15.9 Å². The number of fused-ring (bicyclic) bond motifs is 1. The van der Waals surface area contributed by atoms with Gasteiger partial charge in [-0.05, 0) is 48.2 Å². The average Bonchev–Trinajstić information content (AvgIpc) is 2.88. The van der Waals surface area contributed by atoms with Gasteiger partial charge in [-0.25, -0.2) is 8.42 Å². The second kappa shape index (κ2) is 10.5. The maximum atomic E-state index is 13.3. The fraction of sp³-hybridized carbons (Fsp3) is 0.385. The molecular weight excluding hydrogens is 450 g/mol. The summed E-state index contributed by atoms with van der Waals surface area (Å²) in [5.74, 6) is 0.630. The van der Waals surface area contributed by atoms with Crippen LogP contribution in [0.15, 0.2) is 65.8 Å². The first-order valence-electron chi connectivity index (χ1n) is 11.7. The molecule has 1 aromatic heterocycles. The highest BCUT2D eigenvalue weighted by Crippen LogP contribution is 2.31. The molecular formula is C26H31N3O4S. The standard InChI is InChI=1S/C26H31N3O4S/c1-3-17-33-25-11-10-20-7-4-5-9-23(20)24(25)19-28(2)26(30)21-12-15-29(16-13-21)34(31,32)22-8-6-14-27-18-22/h4-11,14,18,21H,3,12-13,15-17,19H2,1-2H3. The number of benzene rings is 2. The van der Waals surface area contributed by atoms with Crippen molar-refractivity contribution in [2.24, 2.45) is 5.92 Å². The van der Waals surface area contributed by atoms with Gasteiger partial charge >= 0.3 is 0 Å². The van der Waals surface area contributed by atoms with Crippen molar-refractivity contribution in [3.8, 4) is 5.75 Å². The molecule has 8 heteroatoms. The van der Waals surface area contributed by atoms with Crippen LogP contribution in [-0.2, 0) is 21.4 Å². The maximum Gasteiger partial charge on any atom is 0.244 e. The Bertz CT molecular complexity index is 1240. The highest BCUT2D eigenvalue weighted by atomic mass is 32.2. The van der Waals surface area contributed by atoms with Crippen molar-refractivity contribution in [3.05, 3.63) is 66.5 Å². The Balaban J connectivity index is 1.46. The Morgan fingerprint density at radius 2 is 1.88 bits per heavy atom. The van der Waals surface area contributed by atoms with Gasteiger partial charge in [0.1, 0.15) is 10.6 Å². The third kappa shape index (κ3) is 5.08. The number of rotatable bonds is 8. The summed E-state index contributed by atoms with van der Waals surface area (Å²) in [7, 11) is -1.78. The van der Waals surface area contributed by atoms with Crippen molar-refractivity contribution in [3.63, 3.8) is 0 Å². The van der Waals surface area contributed by atoms with Crippen LogP contribution in [0.1, 0.15) is 31.7 Å². The monoisotopic (exact) mass is 481 g/mol. The molecule has 1 aliphatic rings. The molecule has 2 aromatic carbocycles. The SMILES string of the molecule is CCCOc1ccc2ccccc2c1CN(C)C(=O)C1CCN(S(=O)(=O)c2cccnc2)CC1. The number of carbonyl (C=O) groups excluding carboxylic acids is 1. The van der Waals surface area contributed by atoms with E-state index in [9.17, 15) is 13.2 Å². The van der Waals surface area contributed by atoms with Crippen LogP contribution in [0.3, 0.4) is 0 Å². The lowest BCUT2D eigenvalue weighted by atomic mass is 9.96. The van der Waals surface area contributed by atoms with E-state index in [1.54, 1.807) is 23.2 Å². The van der Waals surface area contributed by atoms with Gasteiger partial charge in [0.15, 0.2) is 0 Å². The van der Waals surface area contributed by atoms with Gasteiger partial charge in [-0.15, -0.1) is 0 Å². The van der Waals surface area contributed by atoms with Crippen LogP contribution in [-0.4, -0.2) is 55.3 Å². The molecule has 1 saturated heterocycles. The van der Waals surface area contributed by atoms with Gasteiger partial charge in [-0.2, -0.15) is 4.31 Å². The van der Waals surface area contributed by atoms with E-state index in [0.717, 1.165) is 28.5 Å². The molecule has 3 aromatic rings. The number of hydrogen-bond acceptors (Lipinski definition) is 5. The topological polar surface area (TPSA) is 79.8 Å². The van der Waals surface area contributed by atoms with Crippen molar-refractivity contribution >= 4 is 26.7 Å². The van der Waals surface area contributed by atoms with E-state index in [-0.39, 0.29) is 16.7 Å². The van der Waals surface area contributed by atoms with Gasteiger partial charge in [0, 0.05) is 50.6 Å². The highest BCUT2D eigenvalue weighted by molar-refractivity contribution is 7.89. The van der Waals surface area contributed by atoms with Crippen LogP contribution in [0.25, 0.3) is 10.8 Å². The number of piperidine rings is 1. The zero-order valence-corrected chi connectivity index (χ0v) is 20.5. The summed E-state index contributed by atoms with van der Waals surface area (Å²) in [5.41, 5.74) is 0.999. The number of ether oxygens (including phenoxy) is 1. The lowest BCUT2D eigenvalue weighted by Crippen LogP contribution is -2.43. The number of aromatic nitrogens is 1. The molecule has 7 nitrogen and oxygen atoms in total. The number of amides is 1. The molecule has 2 heterocycles. The first kappa shape index (κ1) is 24.2. The van der Waals surface area contributed by atoms with Crippen LogP contribution in [0.4, 0.5) is 0 Å². The quantitative estimate of drug-likeness (QED) is 0.484. The van der Waals surface area contributed by atoms with E-state index in [0.29, 0.717) is 39.1 Å². The maximum absolute atomic E-state index is 13.3. The molecule has 1 fully saturated rings. The summed E-state index contributed by atoms with van der Waals surface area (Å²) in [4.78, 5) is 19.2. The Hall–Kier alpha value is -2.97. The first-order chi connectivity index (χ1) is 16.4. The Labute approximate surface area is 201 Å². The Kier molecular flexibility index (Phi) is 7.48. The summed E-state index contributed by atoms with van der Waals surface area (Å²) >= 11 is 0. The highest BCUT2D eigenvalue weighted by Gasteiger charge is 2.33. The molecule has 0 spiro atoms. The third-order valence-corrected chi connectivity index (χ3v) is 8.19. The molecule has 0 aliphatic carbocycles. The summed E-state index contributed by atoms with van der Waals surface area (Å²) in [6, 6.07) is 15.3. The molecule has 0 saturated carbocycles. The lowest BCUT2D eigenvalue weighted by Gasteiger charge is -2.32. The molecule has 1 amide bonds. The number of nitrogens with zero attached hydrogens (tertiary/aromatic N) is 3. The lowest BCUT2D eigenvalue weighted by molar-refractivity contribution is -0.135. The fourth-order valence-electron chi connectivity index (χ4n) is 4.44. The predicted octanol–water partition coefficient (Wildman–Crippen LogP) is 4.08. The van der Waals surface area contributed by atoms with Gasteiger partial charge in [0.25, 0.3) is 0 Å². The third-order valence-electron chi connectivity index (χ3n) is 6.31. The number of carbonyl (C=O) groups is 1. The molecule has 0 unspecified atom stereocenters. The van der Waals surface area contributed by atoms with Crippen molar-refractivity contribution < 1.29 is 17.9 Å². The molecule has 0 radical (unpaired) electrons.